The lowest BCUT2D eigenvalue weighted by Gasteiger charge is -2.27. The van der Waals surface area contributed by atoms with Gasteiger partial charge in [-0.2, -0.15) is 10.2 Å². The first-order valence-corrected chi connectivity index (χ1v) is 13.3. The Morgan fingerprint density at radius 2 is 1.85 bits per heavy atom. The molecule has 1 aliphatic rings. The second kappa shape index (κ2) is 12.9. The van der Waals surface area contributed by atoms with Crippen LogP contribution in [-0.2, 0) is 17.8 Å². The number of ketones is 1. The first-order valence-electron chi connectivity index (χ1n) is 13.3. The van der Waals surface area contributed by atoms with Crippen LogP contribution < -0.4 is 5.73 Å². The summed E-state index contributed by atoms with van der Waals surface area (Å²) in [4.78, 5) is 27.7. The first kappa shape index (κ1) is 29.0. The van der Waals surface area contributed by atoms with Gasteiger partial charge in [0.2, 0.25) is 5.92 Å². The van der Waals surface area contributed by atoms with Crippen molar-refractivity contribution in [1.29, 1.82) is 0 Å². The fourth-order valence-corrected chi connectivity index (χ4v) is 4.62. The van der Waals surface area contributed by atoms with E-state index in [0.29, 0.717) is 42.8 Å². The van der Waals surface area contributed by atoms with E-state index in [2.05, 4.69) is 15.2 Å². The van der Waals surface area contributed by atoms with Gasteiger partial charge >= 0.3 is 0 Å². The van der Waals surface area contributed by atoms with Gasteiger partial charge in [-0.3, -0.25) is 14.3 Å². The van der Waals surface area contributed by atoms with Crippen molar-refractivity contribution in [3.63, 3.8) is 0 Å². The molecular weight excluding hydrogens is 518 g/mol. The molecule has 1 aliphatic carbocycles. The summed E-state index contributed by atoms with van der Waals surface area (Å²) in [6.45, 7) is 4.23. The highest BCUT2D eigenvalue weighted by molar-refractivity contribution is 5.97. The summed E-state index contributed by atoms with van der Waals surface area (Å²) in [6.07, 6.45) is 6.46. The van der Waals surface area contributed by atoms with E-state index in [9.17, 15) is 18.4 Å². The van der Waals surface area contributed by atoms with Crippen molar-refractivity contribution in [3.05, 3.63) is 83.6 Å². The van der Waals surface area contributed by atoms with Crippen LogP contribution in [0, 0.1) is 5.92 Å². The predicted octanol–water partition coefficient (Wildman–Crippen LogP) is 5.06. The Morgan fingerprint density at radius 3 is 2.50 bits per heavy atom. The van der Waals surface area contributed by atoms with Gasteiger partial charge in [0.15, 0.2) is 11.4 Å². The molecule has 0 radical (unpaired) electrons. The molecule has 0 unspecified atom stereocenters. The number of nitrogens with zero attached hydrogens (tertiary/aromatic N) is 5. The number of ether oxygens (including phenoxy) is 1. The van der Waals surface area contributed by atoms with E-state index in [1.165, 1.54) is 6.20 Å². The number of alkyl halides is 2. The van der Waals surface area contributed by atoms with Gasteiger partial charge in [0.25, 0.3) is 5.91 Å². The smallest absolute Gasteiger partial charge is 0.266 e. The topological polar surface area (TPSA) is 117 Å². The Hall–Kier alpha value is -3.99. The second-order valence-corrected chi connectivity index (χ2v) is 10.3. The van der Waals surface area contributed by atoms with Gasteiger partial charge < -0.3 is 10.5 Å². The maximum atomic E-state index is 13.3. The molecule has 0 saturated heterocycles. The van der Waals surface area contributed by atoms with Crippen LogP contribution in [0.3, 0.4) is 0 Å². The molecule has 1 saturated carbocycles. The third-order valence-corrected chi connectivity index (χ3v) is 6.78. The number of Topliss-reactive ketones (excluding diaryl/α,β-unsaturated/α-hetero) is 1. The van der Waals surface area contributed by atoms with E-state index in [0.717, 1.165) is 11.3 Å². The van der Waals surface area contributed by atoms with Crippen molar-refractivity contribution in [2.24, 2.45) is 11.7 Å². The number of amides is 1. The van der Waals surface area contributed by atoms with E-state index >= 15 is 0 Å². The fraction of sp³-hybridized carbons (Fsp3) is 0.414. The molecule has 11 heteroatoms. The first-order chi connectivity index (χ1) is 19.1. The monoisotopic (exact) mass is 552 g/mol. The minimum atomic E-state index is -2.52. The molecule has 40 heavy (non-hydrogen) atoms. The Labute approximate surface area is 231 Å². The summed E-state index contributed by atoms with van der Waals surface area (Å²) in [6, 6.07) is 13.1. The highest BCUT2D eigenvalue weighted by Gasteiger charge is 2.35. The molecule has 5 rings (SSSR count). The van der Waals surface area contributed by atoms with Gasteiger partial charge in [0.1, 0.15) is 12.3 Å². The highest BCUT2D eigenvalue weighted by Crippen LogP contribution is 2.37. The summed E-state index contributed by atoms with van der Waals surface area (Å²) in [7, 11) is 0. The van der Waals surface area contributed by atoms with E-state index in [1.807, 2.05) is 50.4 Å². The zero-order valence-electron chi connectivity index (χ0n) is 22.7. The number of carbonyl (C=O) groups is 2. The quantitative estimate of drug-likeness (QED) is 0.290. The largest absolute Gasteiger partial charge is 0.369 e. The molecule has 2 N–H and O–H groups in total. The molecule has 0 bridgehead atoms. The second-order valence-electron chi connectivity index (χ2n) is 10.3. The lowest BCUT2D eigenvalue weighted by atomic mass is 9.84. The Morgan fingerprint density at radius 1 is 1.12 bits per heavy atom. The number of aromatic nitrogens is 5. The maximum absolute atomic E-state index is 13.3. The molecule has 212 valence electrons. The number of imidazole rings is 1. The van der Waals surface area contributed by atoms with Crippen molar-refractivity contribution in [1.82, 2.24) is 24.4 Å². The molecule has 3 heterocycles. The average molecular weight is 553 g/mol. The minimum absolute atomic E-state index is 0.0312. The summed E-state index contributed by atoms with van der Waals surface area (Å²) < 4.78 is 35.4. The van der Waals surface area contributed by atoms with Gasteiger partial charge in [-0.05, 0) is 56.7 Å². The van der Waals surface area contributed by atoms with Gasteiger partial charge in [-0.15, -0.1) is 0 Å². The lowest BCUT2D eigenvalue weighted by Crippen LogP contribution is -2.25. The molecule has 1 aromatic carbocycles. The lowest BCUT2D eigenvalue weighted by molar-refractivity contribution is -0.0457. The zero-order valence-corrected chi connectivity index (χ0v) is 22.7. The molecule has 0 spiro atoms. The standard InChI is InChI=1S/C22H23F2N3O2.C7H11N3O/c23-22(24)8-6-16(7-9-22)10-19-13-27-21(26-19)11-18(12-25-27)20(28)15-29-14-17-4-2-1-3-5-17;1-5(2)10-6(7(8)11)3-4-9-10/h1-5,11-13,16H,6-10,14-15H2;3-5H,1-2H3,(H2,8,11). The molecule has 0 aliphatic heterocycles. The number of fused-ring (bicyclic) bond motifs is 1. The molecule has 9 nitrogen and oxygen atoms in total. The van der Waals surface area contributed by atoms with Gasteiger partial charge in [-0.25, -0.2) is 18.3 Å². The molecule has 1 fully saturated rings. The third kappa shape index (κ3) is 7.78. The van der Waals surface area contributed by atoms with E-state index < -0.39 is 11.8 Å². The van der Waals surface area contributed by atoms with Crippen LogP contribution >= 0.6 is 0 Å². The number of hydrogen-bond acceptors (Lipinski definition) is 6. The summed E-state index contributed by atoms with van der Waals surface area (Å²) in [5, 5.41) is 8.22. The molecule has 1 amide bonds. The molecular formula is C29H34F2N6O3. The summed E-state index contributed by atoms with van der Waals surface area (Å²) in [5.74, 6) is -2.90. The number of benzene rings is 1. The number of nitrogens with two attached hydrogens (primary N) is 1. The minimum Gasteiger partial charge on any atom is -0.369 e. The fourth-order valence-electron chi connectivity index (χ4n) is 4.62. The van der Waals surface area contributed by atoms with E-state index in [-0.39, 0.29) is 37.2 Å². The van der Waals surface area contributed by atoms with E-state index in [4.69, 9.17) is 10.5 Å². The Bertz CT molecular complexity index is 1420. The van der Waals surface area contributed by atoms with Crippen LogP contribution in [0.1, 0.15) is 77.7 Å². The SMILES string of the molecule is CC(C)n1nccc1C(N)=O.O=C(COCc1ccccc1)c1cnn2cc(CC3CCC(F)(F)CC3)nc2c1. The predicted molar refractivity (Wildman–Crippen MR) is 145 cm³/mol. The number of halogens is 2. The molecule has 4 aromatic rings. The van der Waals surface area contributed by atoms with Crippen LogP contribution in [0.15, 0.2) is 61.1 Å². The Kier molecular flexibility index (Phi) is 9.36. The van der Waals surface area contributed by atoms with Crippen molar-refractivity contribution >= 4 is 17.3 Å². The Balaban J connectivity index is 0.000000283. The van der Waals surface area contributed by atoms with Crippen molar-refractivity contribution in [2.45, 2.75) is 64.5 Å². The number of carbonyl (C=O) groups excluding carboxylic acids is 2. The maximum Gasteiger partial charge on any atom is 0.266 e. The van der Waals surface area contributed by atoms with Crippen molar-refractivity contribution in [3.8, 4) is 0 Å². The summed E-state index contributed by atoms with van der Waals surface area (Å²) in [5.41, 5.74) is 8.40. The number of rotatable bonds is 9. The number of primary amides is 1. The van der Waals surface area contributed by atoms with Crippen LogP contribution in [0.4, 0.5) is 8.78 Å². The molecule has 3 aromatic heterocycles. The van der Waals surface area contributed by atoms with Crippen LogP contribution in [-0.4, -0.2) is 48.6 Å². The van der Waals surface area contributed by atoms with Gasteiger partial charge in [0.05, 0.1) is 24.7 Å². The van der Waals surface area contributed by atoms with Gasteiger partial charge in [-0.1, -0.05) is 30.3 Å². The van der Waals surface area contributed by atoms with Crippen LogP contribution in [0.5, 0.6) is 0 Å². The average Bonchev–Trinajstić information content (AvgIpc) is 3.58. The van der Waals surface area contributed by atoms with Crippen LogP contribution in [0.25, 0.3) is 5.65 Å². The molecule has 0 atom stereocenters. The zero-order chi connectivity index (χ0) is 28.7. The highest BCUT2D eigenvalue weighted by atomic mass is 19.3. The normalized spacial score (nSPS) is 15.1. The van der Waals surface area contributed by atoms with Crippen molar-refractivity contribution in [2.75, 3.05) is 6.61 Å². The summed E-state index contributed by atoms with van der Waals surface area (Å²) >= 11 is 0. The van der Waals surface area contributed by atoms with Gasteiger partial charge in [0, 0.05) is 30.6 Å². The third-order valence-electron chi connectivity index (χ3n) is 6.78. The van der Waals surface area contributed by atoms with Crippen LogP contribution in [0.2, 0.25) is 0 Å². The van der Waals surface area contributed by atoms with E-state index in [1.54, 1.807) is 27.5 Å². The van der Waals surface area contributed by atoms with Crippen molar-refractivity contribution < 1.29 is 23.1 Å². The number of hydrogen-bond donors (Lipinski definition) is 1.